The van der Waals surface area contributed by atoms with Gasteiger partial charge in [0.05, 0.1) is 24.4 Å². The molecule has 2 rings (SSSR count). The topological polar surface area (TPSA) is 65.5 Å². The number of carbonyl (C=O) groups is 1. The first kappa shape index (κ1) is 16.7. The Morgan fingerprint density at radius 2 is 2.27 bits per heavy atom. The normalized spacial score (nSPS) is 21.4. The number of likely N-dealkylation sites (tertiary alicyclic amines) is 1. The monoisotopic (exact) mass is 305 g/mol. The molecule has 0 bridgehead atoms. The lowest BCUT2D eigenvalue weighted by atomic mass is 9.87. The van der Waals surface area contributed by atoms with Crippen molar-refractivity contribution in [3.05, 3.63) is 29.6 Å². The van der Waals surface area contributed by atoms with Crippen LogP contribution in [-0.4, -0.2) is 39.7 Å². The number of aliphatic hydroxyl groups excluding tert-OH is 1. The maximum Gasteiger partial charge on any atom is 0.318 e. The van der Waals surface area contributed by atoms with Crippen molar-refractivity contribution < 1.29 is 9.90 Å². The van der Waals surface area contributed by atoms with Crippen LogP contribution in [0.4, 0.5) is 4.79 Å². The third-order valence-electron chi connectivity index (χ3n) is 4.29. The van der Waals surface area contributed by atoms with Crippen LogP contribution in [0.1, 0.15) is 44.5 Å². The highest BCUT2D eigenvalue weighted by molar-refractivity contribution is 5.75. The summed E-state index contributed by atoms with van der Waals surface area (Å²) in [4.78, 5) is 18.8. The zero-order valence-electron chi connectivity index (χ0n) is 13.8. The van der Waals surface area contributed by atoms with Gasteiger partial charge in [0.1, 0.15) is 0 Å². The molecule has 5 heteroatoms. The summed E-state index contributed by atoms with van der Waals surface area (Å²) in [5.41, 5.74) is 1.39. The van der Waals surface area contributed by atoms with E-state index < -0.39 is 5.54 Å². The second kappa shape index (κ2) is 7.09. The SMILES string of the molecule is Cc1cccc(CNC(=O)N2CCC[C@@]2(CO)CC(C)C)n1. The van der Waals surface area contributed by atoms with Gasteiger partial charge in [0.15, 0.2) is 0 Å². The molecular formula is C17H27N3O2. The number of hydrogen-bond acceptors (Lipinski definition) is 3. The smallest absolute Gasteiger partial charge is 0.318 e. The van der Waals surface area contributed by atoms with E-state index >= 15 is 0 Å². The summed E-state index contributed by atoms with van der Waals surface area (Å²) in [6.45, 7) is 7.35. The first-order valence-electron chi connectivity index (χ1n) is 8.06. The number of pyridine rings is 1. The molecule has 0 aliphatic carbocycles. The van der Waals surface area contributed by atoms with E-state index in [1.54, 1.807) is 0 Å². The molecule has 1 aliphatic rings. The highest BCUT2D eigenvalue weighted by Gasteiger charge is 2.43. The average Bonchev–Trinajstić information content (AvgIpc) is 2.88. The van der Waals surface area contributed by atoms with Crippen LogP contribution in [0.25, 0.3) is 0 Å². The average molecular weight is 305 g/mol. The first-order chi connectivity index (χ1) is 10.5. The molecule has 2 N–H and O–H groups in total. The van der Waals surface area contributed by atoms with Crippen molar-refractivity contribution in [2.24, 2.45) is 5.92 Å². The minimum Gasteiger partial charge on any atom is -0.394 e. The largest absolute Gasteiger partial charge is 0.394 e. The van der Waals surface area contributed by atoms with Gasteiger partial charge in [-0.05, 0) is 44.2 Å². The van der Waals surface area contributed by atoms with Crippen molar-refractivity contribution in [1.82, 2.24) is 15.2 Å². The van der Waals surface area contributed by atoms with Gasteiger partial charge in [-0.2, -0.15) is 0 Å². The number of rotatable bonds is 5. The quantitative estimate of drug-likeness (QED) is 0.878. The summed E-state index contributed by atoms with van der Waals surface area (Å²) in [5, 5.41) is 12.8. The van der Waals surface area contributed by atoms with E-state index in [1.807, 2.05) is 30.0 Å². The Balaban J connectivity index is 2.01. The van der Waals surface area contributed by atoms with Crippen LogP contribution in [0.2, 0.25) is 0 Å². The van der Waals surface area contributed by atoms with Gasteiger partial charge in [-0.3, -0.25) is 4.98 Å². The fraction of sp³-hybridized carbons (Fsp3) is 0.647. The van der Waals surface area contributed by atoms with Gasteiger partial charge in [-0.25, -0.2) is 4.79 Å². The molecule has 0 saturated carbocycles. The molecule has 1 fully saturated rings. The van der Waals surface area contributed by atoms with Gasteiger partial charge in [0.2, 0.25) is 0 Å². The van der Waals surface area contributed by atoms with E-state index in [2.05, 4.69) is 24.1 Å². The lowest BCUT2D eigenvalue weighted by Gasteiger charge is -2.38. The van der Waals surface area contributed by atoms with E-state index in [9.17, 15) is 9.90 Å². The molecule has 1 aromatic rings. The van der Waals surface area contributed by atoms with Crippen LogP contribution < -0.4 is 5.32 Å². The molecule has 22 heavy (non-hydrogen) atoms. The summed E-state index contributed by atoms with van der Waals surface area (Å²) in [7, 11) is 0. The number of amides is 2. The minimum absolute atomic E-state index is 0.0291. The Hall–Kier alpha value is -1.62. The predicted molar refractivity (Wildman–Crippen MR) is 86.4 cm³/mol. The molecular weight excluding hydrogens is 278 g/mol. The molecule has 0 unspecified atom stereocenters. The van der Waals surface area contributed by atoms with Gasteiger partial charge in [0.25, 0.3) is 0 Å². The number of aromatic nitrogens is 1. The molecule has 1 aromatic heterocycles. The molecule has 1 saturated heterocycles. The van der Waals surface area contributed by atoms with Crippen LogP contribution >= 0.6 is 0 Å². The fourth-order valence-electron chi connectivity index (χ4n) is 3.42. The number of urea groups is 1. The van der Waals surface area contributed by atoms with Gasteiger partial charge < -0.3 is 15.3 Å². The van der Waals surface area contributed by atoms with E-state index in [-0.39, 0.29) is 12.6 Å². The summed E-state index contributed by atoms with van der Waals surface area (Å²) in [6, 6.07) is 5.68. The maximum atomic E-state index is 12.5. The maximum absolute atomic E-state index is 12.5. The van der Waals surface area contributed by atoms with Crippen molar-refractivity contribution >= 4 is 6.03 Å². The highest BCUT2D eigenvalue weighted by Crippen LogP contribution is 2.34. The lowest BCUT2D eigenvalue weighted by Crippen LogP contribution is -2.54. The molecule has 1 aliphatic heterocycles. The van der Waals surface area contributed by atoms with Gasteiger partial charge in [-0.1, -0.05) is 19.9 Å². The van der Waals surface area contributed by atoms with Crippen molar-refractivity contribution in [2.45, 2.75) is 52.1 Å². The molecule has 2 heterocycles. The zero-order valence-corrected chi connectivity index (χ0v) is 13.8. The third-order valence-corrected chi connectivity index (χ3v) is 4.29. The van der Waals surface area contributed by atoms with Crippen LogP contribution in [0.3, 0.4) is 0 Å². The lowest BCUT2D eigenvalue weighted by molar-refractivity contribution is 0.0675. The van der Waals surface area contributed by atoms with E-state index in [0.29, 0.717) is 19.0 Å². The molecule has 2 amide bonds. The molecule has 5 nitrogen and oxygen atoms in total. The van der Waals surface area contributed by atoms with Crippen molar-refractivity contribution in [3.8, 4) is 0 Å². The molecule has 1 atom stereocenters. The van der Waals surface area contributed by atoms with Crippen molar-refractivity contribution in [2.75, 3.05) is 13.2 Å². The number of nitrogens with zero attached hydrogens (tertiary/aromatic N) is 2. The third kappa shape index (κ3) is 3.77. The Bertz CT molecular complexity index is 518. The zero-order chi connectivity index (χ0) is 16.2. The second-order valence-electron chi connectivity index (χ2n) is 6.66. The highest BCUT2D eigenvalue weighted by atomic mass is 16.3. The Kier molecular flexibility index (Phi) is 5.40. The Morgan fingerprint density at radius 3 is 2.91 bits per heavy atom. The summed E-state index contributed by atoms with van der Waals surface area (Å²) in [6.07, 6.45) is 2.65. The number of aryl methyl sites for hydroxylation is 1. The fourth-order valence-corrected chi connectivity index (χ4v) is 3.42. The van der Waals surface area contributed by atoms with Crippen LogP contribution in [-0.2, 0) is 6.54 Å². The standard InChI is InChI=1S/C17H27N3O2/c1-13(2)10-17(12-21)8-5-9-20(17)16(22)18-11-15-7-4-6-14(3)19-15/h4,6-7,13,21H,5,8-12H2,1-3H3,(H,18,22)/t17-/m0/s1. The van der Waals surface area contributed by atoms with Crippen LogP contribution in [0, 0.1) is 12.8 Å². The number of nitrogens with one attached hydrogen (secondary N) is 1. The molecule has 122 valence electrons. The molecule has 0 radical (unpaired) electrons. The van der Waals surface area contributed by atoms with Gasteiger partial charge >= 0.3 is 6.03 Å². The number of aliphatic hydroxyl groups is 1. The summed E-state index contributed by atoms with van der Waals surface area (Å²) < 4.78 is 0. The van der Waals surface area contributed by atoms with Gasteiger partial charge in [0, 0.05) is 12.2 Å². The van der Waals surface area contributed by atoms with Crippen LogP contribution in [0.15, 0.2) is 18.2 Å². The first-order valence-corrected chi connectivity index (χ1v) is 8.06. The molecule has 0 spiro atoms. The Morgan fingerprint density at radius 1 is 1.50 bits per heavy atom. The van der Waals surface area contributed by atoms with Gasteiger partial charge in [-0.15, -0.1) is 0 Å². The summed E-state index contributed by atoms with van der Waals surface area (Å²) >= 11 is 0. The number of hydrogen-bond donors (Lipinski definition) is 2. The number of carbonyl (C=O) groups excluding carboxylic acids is 1. The minimum atomic E-state index is -0.404. The van der Waals surface area contributed by atoms with Crippen molar-refractivity contribution in [3.63, 3.8) is 0 Å². The summed E-state index contributed by atoms with van der Waals surface area (Å²) in [5.74, 6) is 0.444. The second-order valence-corrected chi connectivity index (χ2v) is 6.66. The molecule has 0 aromatic carbocycles. The van der Waals surface area contributed by atoms with E-state index in [1.165, 1.54) is 0 Å². The van der Waals surface area contributed by atoms with E-state index in [4.69, 9.17) is 0 Å². The van der Waals surface area contributed by atoms with E-state index in [0.717, 1.165) is 30.7 Å². The van der Waals surface area contributed by atoms with Crippen molar-refractivity contribution in [1.29, 1.82) is 0 Å². The van der Waals surface area contributed by atoms with Crippen LogP contribution in [0.5, 0.6) is 0 Å². The predicted octanol–water partition coefficient (Wildman–Crippen LogP) is 2.47. The Labute approximate surface area is 132 Å².